The third-order valence-electron chi connectivity index (χ3n) is 4.46. The summed E-state index contributed by atoms with van der Waals surface area (Å²) in [5, 5.41) is 18.5. The Hall–Kier alpha value is -2.36. The number of hydrogen-bond acceptors (Lipinski definition) is 7. The number of nitrogens with zero attached hydrogens (tertiary/aromatic N) is 8. The predicted molar refractivity (Wildman–Crippen MR) is 89.4 cm³/mol. The molecule has 1 amide bonds. The average Bonchev–Trinajstić information content (AvgIpc) is 3.16. The average molecular weight is 347 g/mol. The highest BCUT2D eigenvalue weighted by molar-refractivity contribution is 5.76. The minimum absolute atomic E-state index is 0.157. The van der Waals surface area contributed by atoms with Crippen LogP contribution in [0.3, 0.4) is 0 Å². The zero-order chi connectivity index (χ0) is 17.6. The second-order valence-corrected chi connectivity index (χ2v) is 6.26. The quantitative estimate of drug-likeness (QED) is 0.770. The Balaban J connectivity index is 1.47. The Morgan fingerprint density at radius 3 is 2.84 bits per heavy atom. The lowest BCUT2D eigenvalue weighted by atomic mass is 10.3. The van der Waals surface area contributed by atoms with E-state index in [0.29, 0.717) is 13.0 Å². The number of aromatic nitrogens is 7. The highest BCUT2D eigenvalue weighted by Gasteiger charge is 2.20. The zero-order valence-electron chi connectivity index (χ0n) is 14.8. The van der Waals surface area contributed by atoms with Crippen LogP contribution in [0.1, 0.15) is 37.2 Å². The van der Waals surface area contributed by atoms with Crippen molar-refractivity contribution in [3.05, 3.63) is 17.5 Å². The van der Waals surface area contributed by atoms with Crippen LogP contribution in [0.25, 0.3) is 0 Å². The largest absolute Gasteiger partial charge is 0.341 e. The van der Waals surface area contributed by atoms with E-state index in [9.17, 15) is 4.79 Å². The molecule has 10 nitrogen and oxygen atoms in total. The molecule has 0 atom stereocenters. The van der Waals surface area contributed by atoms with Gasteiger partial charge in [0.05, 0.1) is 13.1 Å². The molecule has 1 fully saturated rings. The molecule has 1 aliphatic rings. The van der Waals surface area contributed by atoms with Gasteiger partial charge in [0, 0.05) is 39.0 Å². The van der Waals surface area contributed by atoms with Crippen molar-refractivity contribution in [1.82, 2.24) is 45.2 Å². The highest BCUT2D eigenvalue weighted by atomic mass is 16.2. The SMILES string of the molecule is CCc1n[nH]c(CN2CCCN(C(=O)CCn3nnnc3C)CC2)n1. The van der Waals surface area contributed by atoms with Gasteiger partial charge in [0.2, 0.25) is 5.91 Å². The highest BCUT2D eigenvalue weighted by Crippen LogP contribution is 2.08. The number of carbonyl (C=O) groups is 1. The van der Waals surface area contributed by atoms with Gasteiger partial charge in [0.25, 0.3) is 0 Å². The summed E-state index contributed by atoms with van der Waals surface area (Å²) in [5.41, 5.74) is 0. The Morgan fingerprint density at radius 1 is 1.24 bits per heavy atom. The van der Waals surface area contributed by atoms with Crippen LogP contribution in [-0.2, 0) is 24.3 Å². The number of H-pyrrole nitrogens is 1. The lowest BCUT2D eigenvalue weighted by Crippen LogP contribution is -2.35. The van der Waals surface area contributed by atoms with Crippen LogP contribution in [0.5, 0.6) is 0 Å². The summed E-state index contributed by atoms with van der Waals surface area (Å²) in [6, 6.07) is 0. The molecule has 3 heterocycles. The van der Waals surface area contributed by atoms with E-state index in [0.717, 1.165) is 63.0 Å². The van der Waals surface area contributed by atoms with Crippen LogP contribution < -0.4 is 0 Å². The normalized spacial score (nSPS) is 16.2. The zero-order valence-corrected chi connectivity index (χ0v) is 14.8. The molecule has 10 heteroatoms. The third-order valence-corrected chi connectivity index (χ3v) is 4.46. The van der Waals surface area contributed by atoms with Crippen molar-refractivity contribution < 1.29 is 4.79 Å². The number of hydrogen-bond donors (Lipinski definition) is 1. The summed E-state index contributed by atoms with van der Waals surface area (Å²) < 4.78 is 1.66. The van der Waals surface area contributed by atoms with E-state index in [1.54, 1.807) is 4.68 Å². The van der Waals surface area contributed by atoms with Crippen molar-refractivity contribution in [3.8, 4) is 0 Å². The van der Waals surface area contributed by atoms with Crippen LogP contribution in [0, 0.1) is 6.92 Å². The number of amides is 1. The smallest absolute Gasteiger partial charge is 0.224 e. The first-order valence-corrected chi connectivity index (χ1v) is 8.78. The summed E-state index contributed by atoms with van der Waals surface area (Å²) in [5.74, 6) is 2.63. The molecule has 1 N–H and O–H groups in total. The van der Waals surface area contributed by atoms with Crippen LogP contribution in [0.2, 0.25) is 0 Å². The lowest BCUT2D eigenvalue weighted by Gasteiger charge is -2.21. The summed E-state index contributed by atoms with van der Waals surface area (Å²) in [6.45, 7) is 8.48. The van der Waals surface area contributed by atoms with E-state index in [-0.39, 0.29) is 5.91 Å². The summed E-state index contributed by atoms with van der Waals surface area (Å²) in [6.07, 6.45) is 2.22. The topological polar surface area (TPSA) is 109 Å². The molecule has 136 valence electrons. The van der Waals surface area contributed by atoms with E-state index < -0.39 is 0 Å². The van der Waals surface area contributed by atoms with Gasteiger partial charge >= 0.3 is 0 Å². The van der Waals surface area contributed by atoms with Crippen molar-refractivity contribution in [1.29, 1.82) is 0 Å². The van der Waals surface area contributed by atoms with Crippen LogP contribution in [0.15, 0.2) is 0 Å². The van der Waals surface area contributed by atoms with Gasteiger partial charge in [0.15, 0.2) is 0 Å². The molecule has 1 saturated heterocycles. The Morgan fingerprint density at radius 2 is 2.12 bits per heavy atom. The molecule has 0 bridgehead atoms. The van der Waals surface area contributed by atoms with Crippen molar-refractivity contribution in [2.75, 3.05) is 26.2 Å². The van der Waals surface area contributed by atoms with Gasteiger partial charge in [-0.2, -0.15) is 5.10 Å². The van der Waals surface area contributed by atoms with Gasteiger partial charge in [-0.05, 0) is 23.8 Å². The molecular weight excluding hydrogens is 322 g/mol. The number of tetrazole rings is 1. The number of carbonyl (C=O) groups excluding carboxylic acids is 1. The molecule has 2 aromatic rings. The number of aryl methyl sites for hydroxylation is 3. The van der Waals surface area contributed by atoms with Crippen molar-refractivity contribution in [2.45, 2.75) is 46.2 Å². The maximum absolute atomic E-state index is 12.5. The number of rotatable bonds is 6. The summed E-state index contributed by atoms with van der Waals surface area (Å²) in [4.78, 5) is 21.2. The standard InChI is InChI=1S/C15H25N9O/c1-3-13-16-14(19-18-13)11-22-6-4-7-23(10-9-22)15(25)5-8-24-12(2)17-20-21-24/h3-11H2,1-2H3,(H,16,18,19). The van der Waals surface area contributed by atoms with Crippen molar-refractivity contribution in [2.24, 2.45) is 0 Å². The third kappa shape index (κ3) is 4.59. The van der Waals surface area contributed by atoms with Gasteiger partial charge in [-0.25, -0.2) is 9.67 Å². The molecule has 0 aliphatic carbocycles. The molecule has 0 saturated carbocycles. The van der Waals surface area contributed by atoms with Gasteiger partial charge < -0.3 is 4.90 Å². The van der Waals surface area contributed by atoms with Crippen molar-refractivity contribution >= 4 is 5.91 Å². The molecule has 0 radical (unpaired) electrons. The maximum atomic E-state index is 12.5. The fraction of sp³-hybridized carbons (Fsp3) is 0.733. The molecule has 0 unspecified atom stereocenters. The maximum Gasteiger partial charge on any atom is 0.224 e. The fourth-order valence-electron chi connectivity index (χ4n) is 2.97. The first-order valence-electron chi connectivity index (χ1n) is 8.78. The molecule has 25 heavy (non-hydrogen) atoms. The van der Waals surface area contributed by atoms with E-state index in [1.807, 2.05) is 18.7 Å². The monoisotopic (exact) mass is 347 g/mol. The molecule has 0 spiro atoms. The molecular formula is C15H25N9O. The number of aromatic amines is 1. The summed E-state index contributed by atoms with van der Waals surface area (Å²) >= 11 is 0. The second-order valence-electron chi connectivity index (χ2n) is 6.26. The van der Waals surface area contributed by atoms with Crippen LogP contribution in [0.4, 0.5) is 0 Å². The Kier molecular flexibility index (Phi) is 5.69. The number of nitrogens with one attached hydrogen (secondary N) is 1. The molecule has 0 aromatic carbocycles. The molecule has 1 aliphatic heterocycles. The second kappa shape index (κ2) is 8.15. The molecule has 2 aromatic heterocycles. The predicted octanol–water partition coefficient (Wildman–Crippen LogP) is -0.213. The Bertz CT molecular complexity index is 695. The Labute approximate surface area is 146 Å². The first-order chi connectivity index (χ1) is 12.2. The van der Waals surface area contributed by atoms with E-state index in [4.69, 9.17) is 0 Å². The fourth-order valence-corrected chi connectivity index (χ4v) is 2.97. The van der Waals surface area contributed by atoms with Crippen LogP contribution >= 0.6 is 0 Å². The van der Waals surface area contributed by atoms with Gasteiger partial charge in [-0.1, -0.05) is 6.92 Å². The molecule has 3 rings (SSSR count). The first kappa shape index (κ1) is 17.5. The van der Waals surface area contributed by atoms with Gasteiger partial charge in [-0.3, -0.25) is 14.8 Å². The minimum atomic E-state index is 0.157. The summed E-state index contributed by atoms with van der Waals surface area (Å²) in [7, 11) is 0. The van der Waals surface area contributed by atoms with Gasteiger partial charge in [0.1, 0.15) is 17.5 Å². The van der Waals surface area contributed by atoms with Crippen LogP contribution in [-0.4, -0.2) is 77.3 Å². The van der Waals surface area contributed by atoms with Gasteiger partial charge in [-0.15, -0.1) is 5.10 Å². The lowest BCUT2D eigenvalue weighted by molar-refractivity contribution is -0.131. The minimum Gasteiger partial charge on any atom is -0.341 e. The van der Waals surface area contributed by atoms with Crippen molar-refractivity contribution in [3.63, 3.8) is 0 Å². The van der Waals surface area contributed by atoms with E-state index in [1.165, 1.54) is 0 Å². The van der Waals surface area contributed by atoms with E-state index >= 15 is 0 Å². The van der Waals surface area contributed by atoms with E-state index in [2.05, 4.69) is 35.6 Å².